The zero-order chi connectivity index (χ0) is 20.8. The molecule has 1 N–H and O–H groups in total. The lowest BCUT2D eigenvalue weighted by molar-refractivity contribution is -0.132. The Bertz CT molecular complexity index is 1000. The number of fused-ring (bicyclic) bond motifs is 1. The lowest BCUT2D eigenvalue weighted by Gasteiger charge is -2.20. The Morgan fingerprint density at radius 3 is 2.80 bits per heavy atom. The highest BCUT2D eigenvalue weighted by molar-refractivity contribution is 5.94. The van der Waals surface area contributed by atoms with E-state index in [-0.39, 0.29) is 11.8 Å². The summed E-state index contributed by atoms with van der Waals surface area (Å²) in [5, 5.41) is 2.94. The quantitative estimate of drug-likeness (QED) is 0.685. The average molecular weight is 404 g/mol. The van der Waals surface area contributed by atoms with Gasteiger partial charge in [-0.3, -0.25) is 9.59 Å². The molecule has 0 aliphatic carbocycles. The number of amides is 2. The first-order valence-corrected chi connectivity index (χ1v) is 10.0. The molecule has 7 nitrogen and oxygen atoms in total. The van der Waals surface area contributed by atoms with Crippen molar-refractivity contribution in [1.29, 1.82) is 0 Å². The smallest absolute Gasteiger partial charge is 0.251 e. The van der Waals surface area contributed by atoms with Crippen LogP contribution < -0.4 is 10.1 Å². The molecule has 0 radical (unpaired) electrons. The summed E-state index contributed by atoms with van der Waals surface area (Å²) in [6.45, 7) is 2.44. The van der Waals surface area contributed by atoms with Gasteiger partial charge in [0.1, 0.15) is 12.4 Å². The van der Waals surface area contributed by atoms with Crippen molar-refractivity contribution in [2.75, 3.05) is 13.2 Å². The van der Waals surface area contributed by atoms with E-state index in [0.717, 1.165) is 16.9 Å². The fraction of sp³-hybridized carbons (Fsp3) is 0.261. The van der Waals surface area contributed by atoms with E-state index >= 15 is 0 Å². The molecular weight excluding hydrogens is 380 g/mol. The van der Waals surface area contributed by atoms with Crippen LogP contribution in [0.25, 0.3) is 0 Å². The van der Waals surface area contributed by atoms with Crippen LogP contribution in [-0.2, 0) is 24.4 Å². The second-order valence-electron chi connectivity index (χ2n) is 7.21. The minimum absolute atomic E-state index is 0.0547. The predicted molar refractivity (Wildman–Crippen MR) is 112 cm³/mol. The molecule has 7 heteroatoms. The number of nitrogens with zero attached hydrogens (tertiary/aromatic N) is 3. The van der Waals surface area contributed by atoms with Crippen LogP contribution in [0.2, 0.25) is 0 Å². The molecule has 0 bridgehead atoms. The number of benzene rings is 2. The van der Waals surface area contributed by atoms with Crippen molar-refractivity contribution in [2.45, 2.75) is 26.1 Å². The van der Waals surface area contributed by atoms with E-state index in [0.29, 0.717) is 44.8 Å². The standard InChI is InChI=1S/C23H24N4O3/c28-22(8-10-26-11-9-24-17-26)27-12-13-30-21-7-6-19(14-20(21)16-27)23(29)25-15-18-4-2-1-3-5-18/h1-7,9,11,14,17H,8,10,12-13,15-16H2,(H,25,29). The maximum absolute atomic E-state index is 12.7. The fourth-order valence-corrected chi connectivity index (χ4v) is 3.43. The number of ether oxygens (including phenoxy) is 1. The Labute approximate surface area is 175 Å². The zero-order valence-corrected chi connectivity index (χ0v) is 16.7. The normalized spacial score (nSPS) is 13.1. The van der Waals surface area contributed by atoms with Gasteiger partial charge in [0.05, 0.1) is 12.9 Å². The maximum atomic E-state index is 12.7. The molecule has 4 rings (SSSR count). The van der Waals surface area contributed by atoms with E-state index in [4.69, 9.17) is 4.74 Å². The summed E-state index contributed by atoms with van der Waals surface area (Å²) < 4.78 is 7.69. The molecule has 30 heavy (non-hydrogen) atoms. The van der Waals surface area contributed by atoms with E-state index in [1.807, 2.05) is 53.2 Å². The molecule has 1 aliphatic rings. The molecule has 2 heterocycles. The topological polar surface area (TPSA) is 76.5 Å². The van der Waals surface area contributed by atoms with Gasteiger partial charge in [0, 0.05) is 49.6 Å². The first kappa shape index (κ1) is 19.7. The van der Waals surface area contributed by atoms with Gasteiger partial charge in [0.25, 0.3) is 5.91 Å². The van der Waals surface area contributed by atoms with Crippen molar-refractivity contribution in [1.82, 2.24) is 19.8 Å². The second-order valence-corrected chi connectivity index (χ2v) is 7.21. The van der Waals surface area contributed by atoms with E-state index in [2.05, 4.69) is 10.3 Å². The van der Waals surface area contributed by atoms with Crippen molar-refractivity contribution in [3.8, 4) is 5.75 Å². The highest BCUT2D eigenvalue weighted by atomic mass is 16.5. The van der Waals surface area contributed by atoms with Crippen molar-refractivity contribution < 1.29 is 14.3 Å². The van der Waals surface area contributed by atoms with Crippen LogP contribution in [0.5, 0.6) is 5.75 Å². The van der Waals surface area contributed by atoms with Crippen LogP contribution in [0.15, 0.2) is 67.3 Å². The van der Waals surface area contributed by atoms with Gasteiger partial charge in [-0.1, -0.05) is 30.3 Å². The summed E-state index contributed by atoms with van der Waals surface area (Å²) in [5.74, 6) is 0.627. The molecule has 0 fully saturated rings. The fourth-order valence-electron chi connectivity index (χ4n) is 3.43. The highest BCUT2D eigenvalue weighted by Gasteiger charge is 2.21. The summed E-state index contributed by atoms with van der Waals surface area (Å²) in [5.41, 5.74) is 2.44. The Kier molecular flexibility index (Phi) is 6.08. The van der Waals surface area contributed by atoms with Gasteiger partial charge >= 0.3 is 0 Å². The number of aryl methyl sites for hydroxylation is 1. The van der Waals surface area contributed by atoms with Gasteiger partial charge in [-0.05, 0) is 23.8 Å². The molecule has 0 unspecified atom stereocenters. The highest BCUT2D eigenvalue weighted by Crippen LogP contribution is 2.25. The molecule has 0 atom stereocenters. The third kappa shape index (κ3) is 4.86. The molecule has 0 saturated heterocycles. The third-order valence-electron chi connectivity index (χ3n) is 5.09. The Morgan fingerprint density at radius 1 is 1.13 bits per heavy atom. The number of nitrogens with one attached hydrogen (secondary N) is 1. The van der Waals surface area contributed by atoms with Gasteiger partial charge in [-0.2, -0.15) is 0 Å². The SMILES string of the molecule is O=C(NCc1ccccc1)c1ccc2c(c1)CN(C(=O)CCn1ccnc1)CCO2. The largest absolute Gasteiger partial charge is 0.491 e. The predicted octanol–water partition coefficient (Wildman–Crippen LogP) is 2.62. The van der Waals surface area contributed by atoms with Crippen molar-refractivity contribution in [3.63, 3.8) is 0 Å². The van der Waals surface area contributed by atoms with Crippen LogP contribution in [0.3, 0.4) is 0 Å². The van der Waals surface area contributed by atoms with Crippen LogP contribution in [-0.4, -0.2) is 39.4 Å². The molecule has 3 aromatic rings. The lowest BCUT2D eigenvalue weighted by atomic mass is 10.1. The van der Waals surface area contributed by atoms with Gasteiger partial charge in [0.15, 0.2) is 0 Å². The van der Waals surface area contributed by atoms with Crippen LogP contribution in [0.1, 0.15) is 27.9 Å². The molecule has 1 aliphatic heterocycles. The van der Waals surface area contributed by atoms with E-state index in [9.17, 15) is 9.59 Å². The van der Waals surface area contributed by atoms with Crippen LogP contribution in [0, 0.1) is 0 Å². The number of carbonyl (C=O) groups is 2. The molecule has 1 aromatic heterocycles. The number of hydrogen-bond donors (Lipinski definition) is 1. The summed E-state index contributed by atoms with van der Waals surface area (Å²) in [4.78, 5) is 31.1. The van der Waals surface area contributed by atoms with Gasteiger partial charge in [-0.15, -0.1) is 0 Å². The number of imidazole rings is 1. The minimum atomic E-state index is -0.149. The molecule has 2 aromatic carbocycles. The first-order chi connectivity index (χ1) is 14.7. The summed E-state index contributed by atoms with van der Waals surface area (Å²) in [6, 6.07) is 15.2. The number of carbonyl (C=O) groups excluding carboxylic acids is 2. The second kappa shape index (κ2) is 9.26. The molecule has 154 valence electrons. The molecule has 2 amide bonds. The zero-order valence-electron chi connectivity index (χ0n) is 16.7. The first-order valence-electron chi connectivity index (χ1n) is 10.0. The van der Waals surface area contributed by atoms with Gasteiger partial charge < -0.3 is 19.5 Å². The molecular formula is C23H24N4O3. The third-order valence-corrected chi connectivity index (χ3v) is 5.09. The van der Waals surface area contributed by atoms with Gasteiger partial charge in [-0.25, -0.2) is 4.98 Å². The van der Waals surface area contributed by atoms with E-state index in [1.165, 1.54) is 0 Å². The van der Waals surface area contributed by atoms with Gasteiger partial charge in [0.2, 0.25) is 5.91 Å². The number of aromatic nitrogens is 2. The summed E-state index contributed by atoms with van der Waals surface area (Å²) in [6.07, 6.45) is 5.64. The van der Waals surface area contributed by atoms with Crippen molar-refractivity contribution in [2.24, 2.45) is 0 Å². The summed E-state index contributed by atoms with van der Waals surface area (Å²) >= 11 is 0. The monoisotopic (exact) mass is 404 g/mol. The number of rotatable bonds is 6. The van der Waals surface area contributed by atoms with Crippen molar-refractivity contribution in [3.05, 3.63) is 83.9 Å². The van der Waals surface area contributed by atoms with E-state index < -0.39 is 0 Å². The Hall–Kier alpha value is -3.61. The minimum Gasteiger partial charge on any atom is -0.491 e. The Morgan fingerprint density at radius 2 is 2.00 bits per heavy atom. The molecule has 0 spiro atoms. The maximum Gasteiger partial charge on any atom is 0.251 e. The molecule has 0 saturated carbocycles. The van der Waals surface area contributed by atoms with Crippen LogP contribution in [0.4, 0.5) is 0 Å². The van der Waals surface area contributed by atoms with Crippen LogP contribution >= 0.6 is 0 Å². The van der Waals surface area contributed by atoms with E-state index in [1.54, 1.807) is 23.5 Å². The summed E-state index contributed by atoms with van der Waals surface area (Å²) in [7, 11) is 0. The Balaban J connectivity index is 1.40. The van der Waals surface area contributed by atoms with Crippen molar-refractivity contribution >= 4 is 11.8 Å². The average Bonchev–Trinajstić information content (AvgIpc) is 3.21. The number of hydrogen-bond acceptors (Lipinski definition) is 4. The lowest BCUT2D eigenvalue weighted by Crippen LogP contribution is -2.33.